The Bertz CT molecular complexity index is 884. The Morgan fingerprint density at radius 1 is 0.889 bits per heavy atom. The Kier molecular flexibility index (Phi) is 3.65. The maximum absolute atomic E-state index is 13.5. The van der Waals surface area contributed by atoms with Crippen LogP contribution >= 0.6 is 0 Å². The van der Waals surface area contributed by atoms with E-state index in [0.717, 1.165) is 4.90 Å². The van der Waals surface area contributed by atoms with Crippen molar-refractivity contribution in [1.29, 1.82) is 0 Å². The summed E-state index contributed by atoms with van der Waals surface area (Å²) in [5.41, 5.74) is -1.32. The maximum atomic E-state index is 13.5. The highest BCUT2D eigenvalue weighted by Gasteiger charge is 2.73. The molecule has 0 N–H and O–H groups in total. The molecule has 0 bridgehead atoms. The minimum Gasteiger partial charge on any atom is -0.345 e. The molecule has 0 aliphatic carbocycles. The number of hydrogen-bond donors (Lipinski definition) is 0. The highest BCUT2D eigenvalue weighted by atomic mass is 19.1. The van der Waals surface area contributed by atoms with Crippen molar-refractivity contribution >= 4 is 11.9 Å². The summed E-state index contributed by atoms with van der Waals surface area (Å²) in [7, 11) is 3.00. The topological polar surface area (TPSA) is 49.9 Å². The van der Waals surface area contributed by atoms with E-state index in [1.807, 2.05) is 0 Å². The van der Waals surface area contributed by atoms with Gasteiger partial charge in [0, 0.05) is 14.1 Å². The number of fused-ring (bicyclic) bond motifs is 1. The molecule has 2 aliphatic rings. The smallest absolute Gasteiger partial charge is 0.326 e. The number of halogens is 2. The Labute approximate surface area is 155 Å². The fourth-order valence-corrected chi connectivity index (χ4v) is 4.34. The molecule has 4 rings (SSSR count). The van der Waals surface area contributed by atoms with Crippen molar-refractivity contribution in [2.75, 3.05) is 14.1 Å². The zero-order valence-electron chi connectivity index (χ0n) is 15.1. The molecule has 0 saturated carbocycles. The van der Waals surface area contributed by atoms with E-state index in [1.165, 1.54) is 36.2 Å². The summed E-state index contributed by atoms with van der Waals surface area (Å²) in [5.74, 6) is -1.28. The van der Waals surface area contributed by atoms with Gasteiger partial charge in [0.2, 0.25) is 0 Å². The third kappa shape index (κ3) is 2.18. The largest absolute Gasteiger partial charge is 0.345 e. The molecule has 27 heavy (non-hydrogen) atoms. The molecule has 140 valence electrons. The van der Waals surface area contributed by atoms with Gasteiger partial charge in [-0.2, -0.15) is 0 Å². The van der Waals surface area contributed by atoms with Crippen LogP contribution in [0.1, 0.15) is 18.1 Å². The van der Waals surface area contributed by atoms with Crippen LogP contribution in [0.3, 0.4) is 0 Å². The lowest BCUT2D eigenvalue weighted by Gasteiger charge is -2.65. The highest BCUT2D eigenvalue weighted by Crippen LogP contribution is 2.57. The van der Waals surface area contributed by atoms with E-state index in [9.17, 15) is 18.4 Å². The van der Waals surface area contributed by atoms with Gasteiger partial charge in [-0.1, -0.05) is 24.3 Å². The van der Waals surface area contributed by atoms with Crippen LogP contribution in [0.4, 0.5) is 13.6 Å². The summed E-state index contributed by atoms with van der Waals surface area (Å²) >= 11 is 0. The molecule has 2 saturated heterocycles. The van der Waals surface area contributed by atoms with Gasteiger partial charge in [0.05, 0.1) is 0 Å². The number of rotatable bonds is 2. The number of benzene rings is 2. The van der Waals surface area contributed by atoms with Gasteiger partial charge in [0.15, 0.2) is 5.60 Å². The molecule has 0 radical (unpaired) electrons. The predicted octanol–water partition coefficient (Wildman–Crippen LogP) is 2.89. The number of urea groups is 1. The van der Waals surface area contributed by atoms with Crippen molar-refractivity contribution in [3.05, 3.63) is 71.3 Å². The number of nitrogens with zero attached hydrogens (tertiary/aromatic N) is 2. The first-order valence-corrected chi connectivity index (χ1v) is 8.49. The fraction of sp³-hybridized carbons (Fsp3) is 0.300. The summed E-state index contributed by atoms with van der Waals surface area (Å²) in [6, 6.07) is 10.3. The summed E-state index contributed by atoms with van der Waals surface area (Å²) in [4.78, 5) is 27.8. The molecule has 2 heterocycles. The molecule has 0 spiro atoms. The molecule has 3 amide bonds. The molecule has 2 atom stereocenters. The van der Waals surface area contributed by atoms with Gasteiger partial charge in [0.1, 0.15) is 23.3 Å². The fourth-order valence-electron chi connectivity index (χ4n) is 4.34. The summed E-state index contributed by atoms with van der Waals surface area (Å²) in [5, 5.41) is 0. The third-order valence-electron chi connectivity index (χ3n) is 5.53. The molecular formula is C20H18F2N2O3. The van der Waals surface area contributed by atoms with Gasteiger partial charge in [-0.05, 0) is 42.3 Å². The van der Waals surface area contributed by atoms with Crippen LogP contribution in [0, 0.1) is 11.6 Å². The first-order chi connectivity index (χ1) is 12.7. The van der Waals surface area contributed by atoms with Crippen LogP contribution in [0.25, 0.3) is 0 Å². The van der Waals surface area contributed by atoms with Crippen molar-refractivity contribution < 1.29 is 23.1 Å². The number of imide groups is 1. The van der Waals surface area contributed by atoms with Crippen LogP contribution in [0.15, 0.2) is 48.5 Å². The van der Waals surface area contributed by atoms with E-state index in [-0.39, 0.29) is 0 Å². The van der Waals surface area contributed by atoms with E-state index in [4.69, 9.17) is 4.74 Å². The van der Waals surface area contributed by atoms with Crippen LogP contribution in [-0.4, -0.2) is 47.5 Å². The maximum Gasteiger partial charge on any atom is 0.326 e. The van der Waals surface area contributed by atoms with E-state index in [2.05, 4.69) is 0 Å². The number of carbonyl (C=O) groups is 2. The standard InChI is InChI=1S/C20H18F2N2O3/c1-19-16(23(2)18(26)24(3)17(19)25)20(27-19,12-4-8-14(21)9-5-12)13-6-10-15(22)11-7-13/h4-11,16H,1-3H3/t16-,19-/m1/s1. The molecule has 2 aromatic carbocycles. The lowest BCUT2D eigenvalue weighted by Crippen LogP contribution is -2.83. The minimum atomic E-state index is -1.26. The number of ether oxygens (including phenoxy) is 1. The van der Waals surface area contributed by atoms with E-state index in [1.54, 1.807) is 38.2 Å². The second kappa shape index (κ2) is 5.60. The zero-order chi connectivity index (χ0) is 19.6. The van der Waals surface area contributed by atoms with Crippen LogP contribution in [0.2, 0.25) is 0 Å². The molecule has 2 fully saturated rings. The van der Waals surface area contributed by atoms with Crippen molar-refractivity contribution in [1.82, 2.24) is 9.80 Å². The van der Waals surface area contributed by atoms with Gasteiger partial charge in [-0.15, -0.1) is 0 Å². The SMILES string of the molecule is CN1C(=O)N(C)[C@H]2C(c3ccc(F)cc3)(c3ccc(F)cc3)O[C@@]2(C)C1=O. The quantitative estimate of drug-likeness (QED) is 0.815. The van der Waals surface area contributed by atoms with Crippen LogP contribution in [-0.2, 0) is 15.1 Å². The zero-order valence-corrected chi connectivity index (χ0v) is 15.1. The molecule has 0 aromatic heterocycles. The normalized spacial score (nSPS) is 26.6. The summed E-state index contributed by atoms with van der Waals surface area (Å²) < 4.78 is 33.2. The predicted molar refractivity (Wildman–Crippen MR) is 92.8 cm³/mol. The Hall–Kier alpha value is -2.80. The molecule has 2 aromatic rings. The van der Waals surface area contributed by atoms with E-state index >= 15 is 0 Å². The molecule has 0 unspecified atom stereocenters. The van der Waals surface area contributed by atoms with Gasteiger partial charge in [0.25, 0.3) is 5.91 Å². The Balaban J connectivity index is 1.93. The third-order valence-corrected chi connectivity index (χ3v) is 5.53. The van der Waals surface area contributed by atoms with E-state index < -0.39 is 40.8 Å². The van der Waals surface area contributed by atoms with Crippen LogP contribution in [0.5, 0.6) is 0 Å². The van der Waals surface area contributed by atoms with Gasteiger partial charge >= 0.3 is 6.03 Å². The van der Waals surface area contributed by atoms with Gasteiger partial charge < -0.3 is 9.64 Å². The van der Waals surface area contributed by atoms with Crippen molar-refractivity contribution in [2.45, 2.75) is 24.2 Å². The average molecular weight is 372 g/mol. The van der Waals surface area contributed by atoms with Crippen molar-refractivity contribution in [3.63, 3.8) is 0 Å². The minimum absolute atomic E-state index is 0.418. The van der Waals surface area contributed by atoms with Gasteiger partial charge in [-0.25, -0.2) is 13.6 Å². The van der Waals surface area contributed by atoms with Gasteiger partial charge in [-0.3, -0.25) is 9.69 Å². The first-order valence-electron chi connectivity index (χ1n) is 8.49. The lowest BCUT2D eigenvalue weighted by molar-refractivity contribution is -0.296. The lowest BCUT2D eigenvalue weighted by atomic mass is 9.65. The monoisotopic (exact) mass is 372 g/mol. The molecule has 5 nitrogen and oxygen atoms in total. The number of amides is 3. The van der Waals surface area contributed by atoms with Crippen molar-refractivity contribution in [3.8, 4) is 0 Å². The second-order valence-corrected chi connectivity index (χ2v) is 7.12. The van der Waals surface area contributed by atoms with Crippen LogP contribution < -0.4 is 0 Å². The molecule has 7 heteroatoms. The Morgan fingerprint density at radius 3 is 1.78 bits per heavy atom. The second-order valence-electron chi connectivity index (χ2n) is 7.12. The number of hydrogen-bond acceptors (Lipinski definition) is 3. The van der Waals surface area contributed by atoms with E-state index in [0.29, 0.717) is 11.1 Å². The number of carbonyl (C=O) groups excluding carboxylic acids is 2. The summed E-state index contributed by atoms with van der Waals surface area (Å²) in [6.07, 6.45) is 0. The summed E-state index contributed by atoms with van der Waals surface area (Å²) in [6.45, 7) is 1.63. The average Bonchev–Trinajstić information content (AvgIpc) is 2.64. The number of likely N-dealkylation sites (N-methyl/N-ethyl adjacent to an activating group) is 2. The highest BCUT2D eigenvalue weighted by molar-refractivity contribution is 6.03. The Morgan fingerprint density at radius 2 is 1.33 bits per heavy atom. The van der Waals surface area contributed by atoms with Crippen molar-refractivity contribution in [2.24, 2.45) is 0 Å². The first kappa shape index (κ1) is 17.6. The molecular weight excluding hydrogens is 354 g/mol. The molecule has 2 aliphatic heterocycles.